The molecule has 1 N–H and O–H groups in total. The van der Waals surface area contributed by atoms with E-state index in [9.17, 15) is 0 Å². The zero-order valence-corrected chi connectivity index (χ0v) is 11.2. The van der Waals surface area contributed by atoms with Gasteiger partial charge in [-0.15, -0.1) is 0 Å². The van der Waals surface area contributed by atoms with Crippen molar-refractivity contribution in [1.29, 1.82) is 0 Å². The van der Waals surface area contributed by atoms with E-state index in [1.807, 2.05) is 18.8 Å². The molecule has 0 amide bonds. The smallest absolute Gasteiger partial charge is 0.0834 e. The third kappa shape index (κ3) is 3.00. The molecule has 5 heteroatoms. The number of nitrogens with zero attached hydrogens (tertiary/aromatic N) is 2. The molecular formula is C12H20ClN3O. The number of hydrogen-bond donors (Lipinski definition) is 1. The Morgan fingerprint density at radius 1 is 1.65 bits per heavy atom. The first-order valence-corrected chi connectivity index (χ1v) is 6.56. The number of ether oxygens (including phenoxy) is 1. The average molecular weight is 258 g/mol. The van der Waals surface area contributed by atoms with E-state index in [1.54, 1.807) is 6.20 Å². The minimum absolute atomic E-state index is 0.207. The molecule has 2 atom stereocenters. The van der Waals surface area contributed by atoms with E-state index in [4.69, 9.17) is 16.3 Å². The topological polar surface area (TPSA) is 39.1 Å². The second-order valence-electron chi connectivity index (χ2n) is 4.57. The lowest BCUT2D eigenvalue weighted by atomic mass is 10.00. The van der Waals surface area contributed by atoms with Crippen LogP contribution in [0.15, 0.2) is 6.20 Å². The summed E-state index contributed by atoms with van der Waals surface area (Å²) in [6, 6.07) is 0.207. The van der Waals surface area contributed by atoms with E-state index in [-0.39, 0.29) is 6.04 Å². The lowest BCUT2D eigenvalue weighted by molar-refractivity contribution is 0.00504. The zero-order valence-electron chi connectivity index (χ0n) is 10.4. The van der Waals surface area contributed by atoms with Gasteiger partial charge < -0.3 is 10.1 Å². The van der Waals surface area contributed by atoms with Crippen molar-refractivity contribution in [1.82, 2.24) is 15.1 Å². The minimum Gasteiger partial charge on any atom is -0.378 e. The van der Waals surface area contributed by atoms with Crippen LogP contribution in [0.25, 0.3) is 0 Å². The predicted molar refractivity (Wildman–Crippen MR) is 68.2 cm³/mol. The van der Waals surface area contributed by atoms with Crippen LogP contribution in [0.2, 0.25) is 5.02 Å². The molecule has 1 aromatic rings. The first kappa shape index (κ1) is 12.9. The summed E-state index contributed by atoms with van der Waals surface area (Å²) in [5.74, 6) is 0. The molecule has 1 aromatic heterocycles. The SMILES string of the molecule is CNC(CC1CCCCO1)c1c(Cl)cnn1C. The molecule has 2 heterocycles. The van der Waals surface area contributed by atoms with E-state index in [2.05, 4.69) is 10.4 Å². The quantitative estimate of drug-likeness (QED) is 0.900. The van der Waals surface area contributed by atoms with Crippen LogP contribution in [0.1, 0.15) is 37.4 Å². The number of nitrogens with one attached hydrogen (secondary N) is 1. The van der Waals surface area contributed by atoms with Gasteiger partial charge in [0.1, 0.15) is 0 Å². The molecule has 1 saturated heterocycles. The Kier molecular flexibility index (Phi) is 4.42. The van der Waals surface area contributed by atoms with Crippen molar-refractivity contribution in [2.45, 2.75) is 37.8 Å². The Hall–Kier alpha value is -0.580. The maximum atomic E-state index is 6.17. The van der Waals surface area contributed by atoms with Crippen LogP contribution in [0.5, 0.6) is 0 Å². The van der Waals surface area contributed by atoms with E-state index in [0.717, 1.165) is 30.2 Å². The number of rotatable bonds is 4. The largest absolute Gasteiger partial charge is 0.378 e. The predicted octanol–water partition coefficient (Wildman–Crippen LogP) is 2.29. The van der Waals surface area contributed by atoms with E-state index in [1.165, 1.54) is 12.8 Å². The lowest BCUT2D eigenvalue weighted by Gasteiger charge is -2.27. The normalized spacial score (nSPS) is 22.6. The fraction of sp³-hybridized carbons (Fsp3) is 0.750. The van der Waals surface area contributed by atoms with E-state index < -0.39 is 0 Å². The van der Waals surface area contributed by atoms with Crippen LogP contribution in [-0.4, -0.2) is 29.5 Å². The molecule has 1 aliphatic heterocycles. The van der Waals surface area contributed by atoms with Gasteiger partial charge in [0.2, 0.25) is 0 Å². The molecule has 0 aliphatic carbocycles. The average Bonchev–Trinajstić information content (AvgIpc) is 2.68. The number of aromatic nitrogens is 2. The summed E-state index contributed by atoms with van der Waals surface area (Å²) in [5, 5.41) is 8.21. The lowest BCUT2D eigenvalue weighted by Crippen LogP contribution is -2.28. The molecule has 0 aromatic carbocycles. The van der Waals surface area contributed by atoms with Crippen molar-refractivity contribution in [3.05, 3.63) is 16.9 Å². The Bertz CT molecular complexity index is 341. The molecule has 0 bridgehead atoms. The number of hydrogen-bond acceptors (Lipinski definition) is 3. The molecule has 17 heavy (non-hydrogen) atoms. The summed E-state index contributed by atoms with van der Waals surface area (Å²) in [6.07, 6.45) is 6.59. The number of aryl methyl sites for hydroxylation is 1. The standard InChI is InChI=1S/C12H20ClN3O/c1-14-11(7-9-5-3-4-6-17-9)12-10(13)8-15-16(12)2/h8-9,11,14H,3-7H2,1-2H3. The fourth-order valence-electron chi connectivity index (χ4n) is 2.43. The van der Waals surface area contributed by atoms with Crippen molar-refractivity contribution < 1.29 is 4.74 Å². The van der Waals surface area contributed by atoms with Crippen LogP contribution < -0.4 is 5.32 Å². The fourth-order valence-corrected chi connectivity index (χ4v) is 2.73. The Labute approximate surface area is 107 Å². The monoisotopic (exact) mass is 257 g/mol. The van der Waals surface area contributed by atoms with Crippen LogP contribution in [-0.2, 0) is 11.8 Å². The summed E-state index contributed by atoms with van der Waals surface area (Å²) in [7, 11) is 3.88. The molecule has 0 saturated carbocycles. The van der Waals surface area contributed by atoms with Gasteiger partial charge in [-0.1, -0.05) is 11.6 Å². The van der Waals surface area contributed by atoms with Crippen molar-refractivity contribution >= 4 is 11.6 Å². The van der Waals surface area contributed by atoms with Gasteiger partial charge >= 0.3 is 0 Å². The van der Waals surface area contributed by atoms with Gasteiger partial charge in [0.05, 0.1) is 29.1 Å². The van der Waals surface area contributed by atoms with Crippen molar-refractivity contribution in [2.24, 2.45) is 7.05 Å². The minimum atomic E-state index is 0.207. The van der Waals surface area contributed by atoms with E-state index in [0.29, 0.717) is 6.10 Å². The summed E-state index contributed by atoms with van der Waals surface area (Å²) >= 11 is 6.17. The molecule has 1 fully saturated rings. The maximum Gasteiger partial charge on any atom is 0.0834 e. The van der Waals surface area contributed by atoms with Gasteiger partial charge in [0.25, 0.3) is 0 Å². The Morgan fingerprint density at radius 2 is 2.47 bits per heavy atom. The number of halogens is 1. The van der Waals surface area contributed by atoms with Gasteiger partial charge in [-0.2, -0.15) is 5.10 Å². The van der Waals surface area contributed by atoms with Gasteiger partial charge in [-0.3, -0.25) is 4.68 Å². The van der Waals surface area contributed by atoms with Crippen LogP contribution >= 0.6 is 11.6 Å². The molecule has 0 radical (unpaired) electrons. The van der Waals surface area contributed by atoms with Crippen LogP contribution in [0.4, 0.5) is 0 Å². The summed E-state index contributed by atoms with van der Waals surface area (Å²) in [5.41, 5.74) is 1.04. The second kappa shape index (κ2) is 5.85. The first-order chi connectivity index (χ1) is 8.22. The molecule has 96 valence electrons. The third-order valence-corrected chi connectivity index (χ3v) is 3.68. The summed E-state index contributed by atoms with van der Waals surface area (Å²) in [6.45, 7) is 0.889. The molecular weight excluding hydrogens is 238 g/mol. The van der Waals surface area contributed by atoms with Crippen molar-refractivity contribution in [3.8, 4) is 0 Å². The Balaban J connectivity index is 2.05. The van der Waals surface area contributed by atoms with Gasteiger partial charge in [0, 0.05) is 13.7 Å². The molecule has 4 nitrogen and oxygen atoms in total. The molecule has 2 rings (SSSR count). The zero-order chi connectivity index (χ0) is 12.3. The molecule has 0 spiro atoms. The second-order valence-corrected chi connectivity index (χ2v) is 4.97. The summed E-state index contributed by atoms with van der Waals surface area (Å²) in [4.78, 5) is 0. The highest BCUT2D eigenvalue weighted by Crippen LogP contribution is 2.28. The first-order valence-electron chi connectivity index (χ1n) is 6.18. The molecule has 2 unspecified atom stereocenters. The maximum absolute atomic E-state index is 6.17. The van der Waals surface area contributed by atoms with Crippen molar-refractivity contribution in [2.75, 3.05) is 13.7 Å². The van der Waals surface area contributed by atoms with Gasteiger partial charge in [-0.05, 0) is 32.7 Å². The van der Waals surface area contributed by atoms with Gasteiger partial charge in [0.15, 0.2) is 0 Å². The van der Waals surface area contributed by atoms with Crippen LogP contribution in [0.3, 0.4) is 0 Å². The van der Waals surface area contributed by atoms with Crippen LogP contribution in [0, 0.1) is 0 Å². The summed E-state index contributed by atoms with van der Waals surface area (Å²) < 4.78 is 7.61. The van der Waals surface area contributed by atoms with Gasteiger partial charge in [-0.25, -0.2) is 0 Å². The highest BCUT2D eigenvalue weighted by molar-refractivity contribution is 6.31. The van der Waals surface area contributed by atoms with E-state index >= 15 is 0 Å². The highest BCUT2D eigenvalue weighted by atomic mass is 35.5. The Morgan fingerprint density at radius 3 is 3.00 bits per heavy atom. The third-order valence-electron chi connectivity index (χ3n) is 3.39. The highest BCUT2D eigenvalue weighted by Gasteiger charge is 2.23. The van der Waals surface area contributed by atoms with Crippen molar-refractivity contribution in [3.63, 3.8) is 0 Å². The molecule has 1 aliphatic rings.